The van der Waals surface area contributed by atoms with Gasteiger partial charge >= 0.3 is 0 Å². The van der Waals surface area contributed by atoms with E-state index in [4.69, 9.17) is 0 Å². The van der Waals surface area contributed by atoms with Gasteiger partial charge in [0.1, 0.15) is 19.0 Å². The Kier molecular flexibility index (Phi) is 3.63. The number of aromatic nitrogens is 7. The van der Waals surface area contributed by atoms with Gasteiger partial charge in [-0.05, 0) is 28.6 Å². The second-order valence-electron chi connectivity index (χ2n) is 4.29. The van der Waals surface area contributed by atoms with Crippen LogP contribution in [-0.4, -0.2) is 40.9 Å². The first kappa shape index (κ1) is 12.9. The van der Waals surface area contributed by atoms with Crippen LogP contribution in [0, 0.1) is 0 Å². The number of carbonyl (C=O) groups is 1. The minimum atomic E-state index is -0.105. The fourth-order valence-electron chi connectivity index (χ4n) is 1.80. The van der Waals surface area contributed by atoms with Gasteiger partial charge in [-0.2, -0.15) is 0 Å². The van der Waals surface area contributed by atoms with Crippen LogP contribution in [0.4, 0.5) is 5.69 Å². The van der Waals surface area contributed by atoms with E-state index in [-0.39, 0.29) is 5.91 Å². The lowest BCUT2D eigenvalue weighted by atomic mass is 10.2. The number of benzene rings is 1. The summed E-state index contributed by atoms with van der Waals surface area (Å²) in [7, 11) is 0. The number of tetrazole rings is 1. The van der Waals surface area contributed by atoms with E-state index in [0.29, 0.717) is 18.7 Å². The lowest BCUT2D eigenvalue weighted by molar-refractivity contribution is -0.116. The van der Waals surface area contributed by atoms with E-state index in [1.54, 1.807) is 17.2 Å². The van der Waals surface area contributed by atoms with Gasteiger partial charge in [0.2, 0.25) is 5.91 Å². The molecule has 1 N–H and O–H groups in total. The number of hydrogen-bond donors (Lipinski definition) is 1. The highest BCUT2D eigenvalue weighted by Crippen LogP contribution is 2.14. The molecule has 0 spiro atoms. The molecule has 9 heteroatoms. The summed E-state index contributed by atoms with van der Waals surface area (Å²) >= 11 is 0. The number of amides is 1. The molecule has 2 heterocycles. The maximum absolute atomic E-state index is 11.9. The summed E-state index contributed by atoms with van der Waals surface area (Å²) in [5.74, 6) is -0.105. The minimum Gasteiger partial charge on any atom is -0.326 e. The monoisotopic (exact) mass is 284 g/mol. The molecule has 3 aromatic rings. The molecule has 2 aromatic heterocycles. The second-order valence-corrected chi connectivity index (χ2v) is 4.29. The predicted octanol–water partition coefficient (Wildman–Crippen LogP) is 0.283. The van der Waals surface area contributed by atoms with Crippen molar-refractivity contribution in [2.75, 3.05) is 5.32 Å². The largest absolute Gasteiger partial charge is 0.326 e. The molecule has 0 unspecified atom stereocenters. The molecule has 0 radical (unpaired) electrons. The first-order chi connectivity index (χ1) is 10.3. The van der Waals surface area contributed by atoms with E-state index in [1.165, 1.54) is 11.0 Å². The number of rotatable bonds is 5. The quantitative estimate of drug-likeness (QED) is 0.722. The third-order valence-electron chi connectivity index (χ3n) is 2.81. The molecule has 0 atom stereocenters. The molecule has 0 aliphatic carbocycles. The highest BCUT2D eigenvalue weighted by atomic mass is 16.1. The van der Waals surface area contributed by atoms with E-state index in [2.05, 4.69) is 31.0 Å². The van der Waals surface area contributed by atoms with E-state index >= 15 is 0 Å². The molecule has 0 saturated carbocycles. The Morgan fingerprint density at radius 1 is 1.14 bits per heavy atom. The lowest BCUT2D eigenvalue weighted by Gasteiger charge is -2.07. The van der Waals surface area contributed by atoms with Gasteiger partial charge in [0.25, 0.3) is 0 Å². The number of hydrogen-bond acceptors (Lipinski definition) is 6. The Balaban J connectivity index is 1.62. The molecule has 0 aliphatic rings. The van der Waals surface area contributed by atoms with Gasteiger partial charge in [0.15, 0.2) is 0 Å². The van der Waals surface area contributed by atoms with Gasteiger partial charge in [-0.15, -0.1) is 15.3 Å². The van der Waals surface area contributed by atoms with Crippen LogP contribution in [0.1, 0.15) is 6.42 Å². The highest BCUT2D eigenvalue weighted by molar-refractivity contribution is 5.90. The Morgan fingerprint density at radius 3 is 2.76 bits per heavy atom. The molecule has 0 fully saturated rings. The zero-order chi connectivity index (χ0) is 14.5. The van der Waals surface area contributed by atoms with Gasteiger partial charge in [0.05, 0.1) is 12.2 Å². The SMILES string of the molecule is O=C(CCn1cnnn1)Nc1cccc(-n2cnnc2)c1. The highest BCUT2D eigenvalue weighted by Gasteiger charge is 2.05. The molecule has 0 aliphatic heterocycles. The summed E-state index contributed by atoms with van der Waals surface area (Å²) in [6.45, 7) is 0.434. The number of anilines is 1. The fourth-order valence-corrected chi connectivity index (χ4v) is 1.80. The van der Waals surface area contributed by atoms with Crippen LogP contribution in [0.2, 0.25) is 0 Å². The third kappa shape index (κ3) is 3.26. The van der Waals surface area contributed by atoms with Crippen LogP contribution in [0.15, 0.2) is 43.2 Å². The van der Waals surface area contributed by atoms with Crippen molar-refractivity contribution < 1.29 is 4.79 Å². The number of aryl methyl sites for hydroxylation is 1. The van der Waals surface area contributed by atoms with Crippen LogP contribution in [-0.2, 0) is 11.3 Å². The van der Waals surface area contributed by atoms with Crippen LogP contribution in [0.25, 0.3) is 5.69 Å². The molecule has 9 nitrogen and oxygen atoms in total. The summed E-state index contributed by atoms with van der Waals surface area (Å²) in [5.41, 5.74) is 1.58. The normalized spacial score (nSPS) is 10.5. The first-order valence-corrected chi connectivity index (χ1v) is 6.27. The van der Waals surface area contributed by atoms with Gasteiger partial charge in [-0.25, -0.2) is 4.68 Å². The van der Waals surface area contributed by atoms with Crippen LogP contribution in [0.5, 0.6) is 0 Å². The zero-order valence-electron chi connectivity index (χ0n) is 11.0. The van der Waals surface area contributed by atoms with Crippen molar-refractivity contribution in [3.05, 3.63) is 43.2 Å². The summed E-state index contributed by atoms with van der Waals surface area (Å²) in [5, 5.41) is 21.1. The van der Waals surface area contributed by atoms with Crippen molar-refractivity contribution in [3.63, 3.8) is 0 Å². The molecular weight excluding hydrogens is 272 g/mol. The summed E-state index contributed by atoms with van der Waals surface area (Å²) < 4.78 is 3.27. The van der Waals surface area contributed by atoms with E-state index in [9.17, 15) is 4.79 Å². The minimum absolute atomic E-state index is 0.105. The molecule has 0 bridgehead atoms. The average Bonchev–Trinajstić information content (AvgIpc) is 3.19. The second kappa shape index (κ2) is 5.90. The maximum Gasteiger partial charge on any atom is 0.226 e. The Labute approximate surface area is 119 Å². The van der Waals surface area contributed by atoms with Crippen molar-refractivity contribution >= 4 is 11.6 Å². The Morgan fingerprint density at radius 2 is 2.00 bits per heavy atom. The average molecular weight is 284 g/mol. The van der Waals surface area contributed by atoms with Crippen molar-refractivity contribution in [1.29, 1.82) is 0 Å². The third-order valence-corrected chi connectivity index (χ3v) is 2.81. The van der Waals surface area contributed by atoms with Crippen molar-refractivity contribution in [1.82, 2.24) is 35.0 Å². The predicted molar refractivity (Wildman–Crippen MR) is 72.4 cm³/mol. The molecule has 21 heavy (non-hydrogen) atoms. The number of nitrogens with zero attached hydrogens (tertiary/aromatic N) is 7. The van der Waals surface area contributed by atoms with E-state index in [1.807, 2.05) is 24.3 Å². The molecule has 0 saturated heterocycles. The summed E-state index contributed by atoms with van der Waals surface area (Å²) in [6, 6.07) is 7.42. The number of nitrogens with one attached hydrogen (secondary N) is 1. The van der Waals surface area contributed by atoms with Gasteiger partial charge in [0, 0.05) is 12.1 Å². The Bertz CT molecular complexity index is 707. The standard InChI is InChI=1S/C12H12N8O/c21-12(4-5-20-9-15-17-18-20)16-10-2-1-3-11(6-10)19-7-13-14-8-19/h1-3,6-9H,4-5H2,(H,16,21). The molecule has 3 rings (SSSR count). The van der Waals surface area contributed by atoms with Crippen LogP contribution < -0.4 is 5.32 Å². The summed E-state index contributed by atoms with van der Waals surface area (Å²) in [4.78, 5) is 11.9. The topological polar surface area (TPSA) is 103 Å². The van der Waals surface area contributed by atoms with E-state index in [0.717, 1.165) is 5.69 Å². The smallest absolute Gasteiger partial charge is 0.226 e. The fraction of sp³-hybridized carbons (Fsp3) is 0.167. The lowest BCUT2D eigenvalue weighted by Crippen LogP contribution is -2.15. The van der Waals surface area contributed by atoms with Crippen LogP contribution >= 0.6 is 0 Å². The molecule has 1 aromatic carbocycles. The molecule has 106 valence electrons. The van der Waals surface area contributed by atoms with Crippen molar-refractivity contribution in [2.24, 2.45) is 0 Å². The molecular formula is C12H12N8O. The van der Waals surface area contributed by atoms with Gasteiger partial charge in [-0.3, -0.25) is 9.36 Å². The summed E-state index contributed by atoms with van der Waals surface area (Å²) in [6.07, 6.45) is 4.96. The first-order valence-electron chi connectivity index (χ1n) is 6.27. The van der Waals surface area contributed by atoms with Gasteiger partial charge < -0.3 is 5.32 Å². The number of carbonyl (C=O) groups excluding carboxylic acids is 1. The zero-order valence-corrected chi connectivity index (χ0v) is 11.0. The Hall–Kier alpha value is -3.10. The van der Waals surface area contributed by atoms with Crippen molar-refractivity contribution in [2.45, 2.75) is 13.0 Å². The van der Waals surface area contributed by atoms with Crippen LogP contribution in [0.3, 0.4) is 0 Å². The maximum atomic E-state index is 11.9. The molecule has 1 amide bonds. The van der Waals surface area contributed by atoms with Gasteiger partial charge in [-0.1, -0.05) is 6.07 Å². The van der Waals surface area contributed by atoms with E-state index < -0.39 is 0 Å². The van der Waals surface area contributed by atoms with Crippen molar-refractivity contribution in [3.8, 4) is 5.69 Å².